The van der Waals surface area contributed by atoms with Crippen molar-refractivity contribution in [1.82, 2.24) is 9.62 Å². The lowest BCUT2D eigenvalue weighted by Gasteiger charge is -2.34. The quantitative estimate of drug-likeness (QED) is 0.715. The summed E-state index contributed by atoms with van der Waals surface area (Å²) in [6.07, 6.45) is 1.25. The van der Waals surface area contributed by atoms with Crippen molar-refractivity contribution in [2.24, 2.45) is 0 Å². The van der Waals surface area contributed by atoms with Crippen molar-refractivity contribution in [3.63, 3.8) is 0 Å². The fraction of sp³-hybridized carbons (Fsp3) is 0.400. The van der Waals surface area contributed by atoms with Crippen LogP contribution in [-0.2, 0) is 16.4 Å². The average molecular weight is 410 g/mol. The van der Waals surface area contributed by atoms with Gasteiger partial charge in [0, 0.05) is 38.4 Å². The molecule has 1 fully saturated rings. The standard InChI is InChI=1S/C20H25F2N3O2S/c1-24-11-13-25(14-12-24)18-7-4-16(5-8-18)3-2-10-23-28(26,27)20-15-17(21)6-9-19(20)22/h4-9,15,23H,2-3,10-14H2,1H3. The summed E-state index contributed by atoms with van der Waals surface area (Å²) >= 11 is 0. The Morgan fingerprint density at radius 2 is 1.68 bits per heavy atom. The van der Waals surface area contributed by atoms with Gasteiger partial charge in [-0.15, -0.1) is 0 Å². The molecule has 0 aliphatic carbocycles. The van der Waals surface area contributed by atoms with Gasteiger partial charge in [0.15, 0.2) is 0 Å². The number of benzene rings is 2. The third kappa shape index (κ3) is 5.27. The van der Waals surface area contributed by atoms with Crippen LogP contribution in [0.2, 0.25) is 0 Å². The van der Waals surface area contributed by atoms with Crippen LogP contribution >= 0.6 is 0 Å². The van der Waals surface area contributed by atoms with Crippen LogP contribution in [0.15, 0.2) is 47.4 Å². The number of sulfonamides is 1. The van der Waals surface area contributed by atoms with E-state index in [1.54, 1.807) is 0 Å². The first-order valence-electron chi connectivity index (χ1n) is 9.32. The Morgan fingerprint density at radius 3 is 2.36 bits per heavy atom. The number of halogens is 2. The number of hydrogen-bond acceptors (Lipinski definition) is 4. The average Bonchev–Trinajstić information content (AvgIpc) is 2.68. The van der Waals surface area contributed by atoms with Gasteiger partial charge in [-0.05, 0) is 55.8 Å². The Hall–Kier alpha value is -2.03. The van der Waals surface area contributed by atoms with Crippen molar-refractivity contribution in [3.8, 4) is 0 Å². The van der Waals surface area contributed by atoms with E-state index in [0.29, 0.717) is 18.9 Å². The van der Waals surface area contributed by atoms with Gasteiger partial charge in [-0.1, -0.05) is 12.1 Å². The zero-order valence-corrected chi connectivity index (χ0v) is 16.7. The summed E-state index contributed by atoms with van der Waals surface area (Å²) in [6.45, 7) is 4.27. The summed E-state index contributed by atoms with van der Waals surface area (Å²) < 4.78 is 53.5. The number of nitrogens with one attached hydrogen (secondary N) is 1. The third-order valence-electron chi connectivity index (χ3n) is 4.92. The fourth-order valence-corrected chi connectivity index (χ4v) is 4.36. The molecule has 1 heterocycles. The van der Waals surface area contributed by atoms with Crippen LogP contribution in [0.4, 0.5) is 14.5 Å². The Morgan fingerprint density at radius 1 is 1.00 bits per heavy atom. The Labute approximate surface area is 165 Å². The van der Waals surface area contributed by atoms with Gasteiger partial charge in [-0.25, -0.2) is 21.9 Å². The third-order valence-corrected chi connectivity index (χ3v) is 6.40. The predicted octanol–water partition coefficient (Wildman–Crippen LogP) is 2.63. The number of nitrogens with zero attached hydrogens (tertiary/aromatic N) is 2. The minimum Gasteiger partial charge on any atom is -0.369 e. The Balaban J connectivity index is 1.49. The molecule has 1 aliphatic heterocycles. The topological polar surface area (TPSA) is 52.6 Å². The zero-order chi connectivity index (χ0) is 20.1. The molecule has 152 valence electrons. The van der Waals surface area contributed by atoms with E-state index < -0.39 is 26.6 Å². The normalized spacial score (nSPS) is 15.8. The van der Waals surface area contributed by atoms with Gasteiger partial charge in [0.1, 0.15) is 16.5 Å². The molecular formula is C20H25F2N3O2S. The van der Waals surface area contributed by atoms with Gasteiger partial charge in [0.05, 0.1) is 0 Å². The Kier molecular flexibility index (Phi) is 6.64. The van der Waals surface area contributed by atoms with E-state index in [0.717, 1.165) is 43.9 Å². The smallest absolute Gasteiger partial charge is 0.243 e. The number of hydrogen-bond donors (Lipinski definition) is 1. The van der Waals surface area contributed by atoms with Gasteiger partial charge in [-0.2, -0.15) is 0 Å². The highest BCUT2D eigenvalue weighted by atomic mass is 32.2. The Bertz CT molecular complexity index is 896. The van der Waals surface area contributed by atoms with Crippen LogP contribution in [-0.4, -0.2) is 53.1 Å². The number of aryl methyl sites for hydroxylation is 1. The minimum atomic E-state index is -4.07. The first-order valence-corrected chi connectivity index (χ1v) is 10.8. The molecule has 0 unspecified atom stereocenters. The molecule has 0 amide bonds. The molecule has 1 saturated heterocycles. The molecule has 1 aliphatic rings. The maximum absolute atomic E-state index is 13.7. The molecule has 8 heteroatoms. The van der Waals surface area contributed by atoms with Gasteiger partial charge in [0.25, 0.3) is 0 Å². The molecule has 0 spiro atoms. The summed E-state index contributed by atoms with van der Waals surface area (Å²) in [5.41, 5.74) is 2.30. The van der Waals surface area contributed by atoms with Gasteiger partial charge in [-0.3, -0.25) is 0 Å². The van der Waals surface area contributed by atoms with Crippen molar-refractivity contribution in [2.45, 2.75) is 17.7 Å². The highest BCUT2D eigenvalue weighted by Crippen LogP contribution is 2.18. The maximum atomic E-state index is 13.7. The van der Waals surface area contributed by atoms with Crippen LogP contribution in [0.5, 0.6) is 0 Å². The monoisotopic (exact) mass is 409 g/mol. The molecule has 0 atom stereocenters. The summed E-state index contributed by atoms with van der Waals surface area (Å²) in [5, 5.41) is 0. The van der Waals surface area contributed by atoms with Crippen molar-refractivity contribution in [2.75, 3.05) is 44.7 Å². The molecule has 1 N–H and O–H groups in total. The van der Waals surface area contributed by atoms with E-state index in [9.17, 15) is 17.2 Å². The summed E-state index contributed by atoms with van der Waals surface area (Å²) in [6, 6.07) is 10.7. The molecule has 2 aromatic rings. The van der Waals surface area contributed by atoms with Crippen LogP contribution in [0.25, 0.3) is 0 Å². The molecule has 2 aromatic carbocycles. The van der Waals surface area contributed by atoms with Crippen LogP contribution in [0.1, 0.15) is 12.0 Å². The lowest BCUT2D eigenvalue weighted by Crippen LogP contribution is -2.44. The zero-order valence-electron chi connectivity index (χ0n) is 15.9. The second kappa shape index (κ2) is 8.98. The van der Waals surface area contributed by atoms with E-state index in [4.69, 9.17) is 0 Å². The lowest BCUT2D eigenvalue weighted by molar-refractivity contribution is 0.313. The van der Waals surface area contributed by atoms with E-state index in [-0.39, 0.29) is 6.54 Å². The molecule has 0 radical (unpaired) electrons. The molecule has 0 bridgehead atoms. The highest BCUT2D eigenvalue weighted by molar-refractivity contribution is 7.89. The predicted molar refractivity (Wildman–Crippen MR) is 106 cm³/mol. The second-order valence-electron chi connectivity index (χ2n) is 7.03. The van der Waals surface area contributed by atoms with Gasteiger partial charge >= 0.3 is 0 Å². The van der Waals surface area contributed by atoms with E-state index in [1.807, 2.05) is 12.1 Å². The maximum Gasteiger partial charge on any atom is 0.243 e. The molecule has 28 heavy (non-hydrogen) atoms. The molecule has 5 nitrogen and oxygen atoms in total. The number of likely N-dealkylation sites (N-methyl/N-ethyl adjacent to an activating group) is 1. The molecule has 0 saturated carbocycles. The number of rotatable bonds is 7. The summed E-state index contributed by atoms with van der Waals surface area (Å²) in [5.74, 6) is -1.75. The molecule has 0 aromatic heterocycles. The summed E-state index contributed by atoms with van der Waals surface area (Å²) in [7, 11) is -1.95. The second-order valence-corrected chi connectivity index (χ2v) is 8.77. The molecule has 3 rings (SSSR count). The highest BCUT2D eigenvalue weighted by Gasteiger charge is 2.19. The molecular weight excluding hydrogens is 384 g/mol. The SMILES string of the molecule is CN1CCN(c2ccc(CCCNS(=O)(=O)c3cc(F)ccc3F)cc2)CC1. The number of piperazine rings is 1. The van der Waals surface area contributed by atoms with E-state index >= 15 is 0 Å². The van der Waals surface area contributed by atoms with Gasteiger partial charge in [0.2, 0.25) is 10.0 Å². The van der Waals surface area contributed by atoms with Crippen LogP contribution in [0.3, 0.4) is 0 Å². The van der Waals surface area contributed by atoms with Crippen molar-refractivity contribution in [1.29, 1.82) is 0 Å². The van der Waals surface area contributed by atoms with Crippen molar-refractivity contribution >= 4 is 15.7 Å². The van der Waals surface area contributed by atoms with Crippen molar-refractivity contribution < 1.29 is 17.2 Å². The fourth-order valence-electron chi connectivity index (χ4n) is 3.20. The van der Waals surface area contributed by atoms with E-state index in [1.165, 1.54) is 5.69 Å². The van der Waals surface area contributed by atoms with Gasteiger partial charge < -0.3 is 9.80 Å². The lowest BCUT2D eigenvalue weighted by atomic mass is 10.1. The summed E-state index contributed by atoms with van der Waals surface area (Å²) in [4.78, 5) is 4.00. The van der Waals surface area contributed by atoms with Crippen LogP contribution in [0, 0.1) is 11.6 Å². The largest absolute Gasteiger partial charge is 0.369 e. The minimum absolute atomic E-state index is 0.151. The van der Waals surface area contributed by atoms with Crippen molar-refractivity contribution in [3.05, 3.63) is 59.7 Å². The number of anilines is 1. The van der Waals surface area contributed by atoms with Crippen LogP contribution < -0.4 is 9.62 Å². The van der Waals surface area contributed by atoms with E-state index in [2.05, 4.69) is 33.7 Å². The first kappa shape index (κ1) is 20.7. The first-order chi connectivity index (χ1) is 13.3.